The number of ether oxygens (including phenoxy) is 1. The molecule has 0 radical (unpaired) electrons. The predicted molar refractivity (Wildman–Crippen MR) is 119 cm³/mol. The minimum atomic E-state index is -0.256. The maximum absolute atomic E-state index is 12.3. The first-order chi connectivity index (χ1) is 13.1. The molecule has 0 fully saturated rings. The first-order valence-electron chi connectivity index (χ1n) is 9.19. The maximum atomic E-state index is 12.3. The van der Waals surface area contributed by atoms with E-state index in [2.05, 4.69) is 33.5 Å². The topological polar surface area (TPSA) is 50.4 Å². The summed E-state index contributed by atoms with van der Waals surface area (Å²) in [6.45, 7) is 2.91. The molecule has 27 heavy (non-hydrogen) atoms. The lowest BCUT2D eigenvalue weighted by Gasteiger charge is -2.10. The molecule has 0 saturated heterocycles. The van der Waals surface area contributed by atoms with Crippen molar-refractivity contribution < 1.29 is 9.53 Å². The first-order valence-corrected chi connectivity index (χ1v) is 10.4. The number of rotatable bonds is 9. The van der Waals surface area contributed by atoms with E-state index in [4.69, 9.17) is 17.0 Å². The molecular formula is C21H25BrN2O2S. The number of carbonyl (C=O) groups excluding carboxylic acids is 1. The van der Waals surface area contributed by atoms with E-state index in [1.807, 2.05) is 36.4 Å². The van der Waals surface area contributed by atoms with Gasteiger partial charge in [-0.2, -0.15) is 0 Å². The fraction of sp³-hybridized carbons (Fsp3) is 0.333. The molecule has 144 valence electrons. The van der Waals surface area contributed by atoms with Crippen LogP contribution in [0.5, 0.6) is 5.75 Å². The number of unbranched alkanes of at least 4 members (excludes halogenated alkanes) is 4. The smallest absolute Gasteiger partial charge is 0.257 e. The molecule has 0 heterocycles. The van der Waals surface area contributed by atoms with E-state index in [1.54, 1.807) is 12.1 Å². The van der Waals surface area contributed by atoms with Gasteiger partial charge in [-0.25, -0.2) is 0 Å². The Bertz CT molecular complexity index is 750. The van der Waals surface area contributed by atoms with Gasteiger partial charge in [-0.1, -0.05) is 54.6 Å². The zero-order valence-electron chi connectivity index (χ0n) is 15.5. The van der Waals surface area contributed by atoms with Crippen LogP contribution in [-0.2, 0) is 0 Å². The number of halogens is 1. The SMILES string of the molecule is CCCCCCCOc1ccc(C(=O)NC(=S)Nc2cccc(Br)c2)cc1. The highest BCUT2D eigenvalue weighted by molar-refractivity contribution is 9.10. The van der Waals surface area contributed by atoms with Crippen LogP contribution in [-0.4, -0.2) is 17.6 Å². The van der Waals surface area contributed by atoms with Gasteiger partial charge in [0.05, 0.1) is 6.61 Å². The van der Waals surface area contributed by atoms with Gasteiger partial charge in [0.15, 0.2) is 5.11 Å². The Hall–Kier alpha value is -1.92. The summed E-state index contributed by atoms with van der Waals surface area (Å²) in [5, 5.41) is 5.92. The largest absolute Gasteiger partial charge is 0.494 e. The summed E-state index contributed by atoms with van der Waals surface area (Å²) in [7, 11) is 0. The molecular weight excluding hydrogens is 424 g/mol. The highest BCUT2D eigenvalue weighted by Crippen LogP contribution is 2.16. The average Bonchev–Trinajstić information content (AvgIpc) is 2.65. The summed E-state index contributed by atoms with van der Waals surface area (Å²) in [5.74, 6) is 0.519. The summed E-state index contributed by atoms with van der Waals surface area (Å²) in [6.07, 6.45) is 6.02. The zero-order valence-corrected chi connectivity index (χ0v) is 17.9. The Morgan fingerprint density at radius 2 is 1.81 bits per heavy atom. The molecule has 2 aromatic rings. The molecule has 2 N–H and O–H groups in total. The van der Waals surface area contributed by atoms with Crippen LogP contribution >= 0.6 is 28.1 Å². The molecule has 0 bridgehead atoms. The van der Waals surface area contributed by atoms with Crippen molar-refractivity contribution in [2.24, 2.45) is 0 Å². The summed E-state index contributed by atoms with van der Waals surface area (Å²) in [6, 6.07) is 14.7. The fourth-order valence-electron chi connectivity index (χ4n) is 2.50. The molecule has 2 rings (SSSR count). The van der Waals surface area contributed by atoms with E-state index in [9.17, 15) is 4.79 Å². The van der Waals surface area contributed by atoms with Crippen LogP contribution < -0.4 is 15.4 Å². The van der Waals surface area contributed by atoms with Crippen molar-refractivity contribution in [1.29, 1.82) is 0 Å². The van der Waals surface area contributed by atoms with Gasteiger partial charge in [0.1, 0.15) is 5.75 Å². The van der Waals surface area contributed by atoms with Gasteiger partial charge in [-0.15, -0.1) is 0 Å². The van der Waals surface area contributed by atoms with Crippen molar-refractivity contribution in [2.45, 2.75) is 39.0 Å². The van der Waals surface area contributed by atoms with E-state index < -0.39 is 0 Å². The van der Waals surface area contributed by atoms with Crippen LogP contribution in [0.3, 0.4) is 0 Å². The number of hydrogen-bond donors (Lipinski definition) is 2. The Labute approximate surface area is 174 Å². The minimum absolute atomic E-state index is 0.255. The van der Waals surface area contributed by atoms with Crippen molar-refractivity contribution in [3.05, 3.63) is 58.6 Å². The second-order valence-electron chi connectivity index (χ2n) is 6.21. The van der Waals surface area contributed by atoms with E-state index >= 15 is 0 Å². The monoisotopic (exact) mass is 448 g/mol. The highest BCUT2D eigenvalue weighted by atomic mass is 79.9. The lowest BCUT2D eigenvalue weighted by Crippen LogP contribution is -2.34. The maximum Gasteiger partial charge on any atom is 0.257 e. The summed E-state index contributed by atoms with van der Waals surface area (Å²) < 4.78 is 6.65. The second-order valence-corrected chi connectivity index (χ2v) is 7.53. The van der Waals surface area contributed by atoms with Crippen LogP contribution in [0.25, 0.3) is 0 Å². The molecule has 1 amide bonds. The van der Waals surface area contributed by atoms with Crippen molar-refractivity contribution in [3.8, 4) is 5.75 Å². The van der Waals surface area contributed by atoms with E-state index in [1.165, 1.54) is 25.7 Å². The van der Waals surface area contributed by atoms with Gasteiger partial charge in [-0.3, -0.25) is 10.1 Å². The molecule has 0 aliphatic heterocycles. The standard InChI is InChI=1S/C21H25BrN2O2S/c1-2-3-4-5-6-14-26-19-12-10-16(11-13-19)20(25)24-21(27)23-18-9-7-8-17(22)15-18/h7-13,15H,2-6,14H2,1H3,(H2,23,24,25,27). The van der Waals surface area contributed by atoms with Crippen molar-refractivity contribution in [3.63, 3.8) is 0 Å². The third-order valence-corrected chi connectivity index (χ3v) is 4.64. The third kappa shape index (κ3) is 8.10. The molecule has 4 nitrogen and oxygen atoms in total. The number of anilines is 1. The van der Waals surface area contributed by atoms with Gasteiger partial charge in [0, 0.05) is 15.7 Å². The van der Waals surface area contributed by atoms with Crippen molar-refractivity contribution in [2.75, 3.05) is 11.9 Å². The van der Waals surface area contributed by atoms with Crippen LogP contribution in [0, 0.1) is 0 Å². The van der Waals surface area contributed by atoms with Crippen molar-refractivity contribution >= 4 is 44.9 Å². The molecule has 0 aromatic heterocycles. The second kappa shape index (κ2) is 11.7. The minimum Gasteiger partial charge on any atom is -0.494 e. The zero-order chi connectivity index (χ0) is 19.5. The summed E-state index contributed by atoms with van der Waals surface area (Å²) in [4.78, 5) is 12.3. The van der Waals surface area contributed by atoms with E-state index in [-0.39, 0.29) is 11.0 Å². The fourth-order valence-corrected chi connectivity index (χ4v) is 3.11. The number of nitrogens with one attached hydrogen (secondary N) is 2. The lowest BCUT2D eigenvalue weighted by molar-refractivity contribution is 0.0977. The van der Waals surface area contributed by atoms with Crippen LogP contribution in [0.1, 0.15) is 49.4 Å². The summed E-state index contributed by atoms with van der Waals surface area (Å²) >= 11 is 8.60. The molecule has 0 saturated carbocycles. The van der Waals surface area contributed by atoms with Gasteiger partial charge in [0.2, 0.25) is 0 Å². The molecule has 0 atom stereocenters. The number of amides is 1. The van der Waals surface area contributed by atoms with Gasteiger partial charge in [-0.05, 0) is 61.1 Å². The Morgan fingerprint density at radius 3 is 2.52 bits per heavy atom. The summed E-state index contributed by atoms with van der Waals surface area (Å²) in [5.41, 5.74) is 1.33. The third-order valence-electron chi connectivity index (χ3n) is 3.94. The number of benzene rings is 2. The van der Waals surface area contributed by atoms with Gasteiger partial charge < -0.3 is 10.1 Å². The first kappa shape index (κ1) is 21.4. The number of thiocarbonyl (C=S) groups is 1. The van der Waals surface area contributed by atoms with Crippen LogP contribution in [0.15, 0.2) is 53.0 Å². The quantitative estimate of drug-likeness (QED) is 0.368. The molecule has 2 aromatic carbocycles. The number of carbonyl (C=O) groups is 1. The Kier molecular flexibility index (Phi) is 9.28. The number of hydrogen-bond acceptors (Lipinski definition) is 3. The van der Waals surface area contributed by atoms with Gasteiger partial charge in [0.25, 0.3) is 5.91 Å². The Morgan fingerprint density at radius 1 is 1.07 bits per heavy atom. The Balaban J connectivity index is 1.76. The molecule has 0 spiro atoms. The van der Waals surface area contributed by atoms with Crippen LogP contribution in [0.2, 0.25) is 0 Å². The highest BCUT2D eigenvalue weighted by Gasteiger charge is 2.08. The lowest BCUT2D eigenvalue weighted by atomic mass is 10.2. The molecule has 0 aliphatic carbocycles. The molecule has 6 heteroatoms. The molecule has 0 aliphatic rings. The normalized spacial score (nSPS) is 10.3. The van der Waals surface area contributed by atoms with E-state index in [0.29, 0.717) is 12.2 Å². The van der Waals surface area contributed by atoms with E-state index in [0.717, 1.165) is 22.3 Å². The average molecular weight is 449 g/mol. The van der Waals surface area contributed by atoms with Crippen LogP contribution in [0.4, 0.5) is 5.69 Å². The van der Waals surface area contributed by atoms with Gasteiger partial charge >= 0.3 is 0 Å². The molecule has 0 unspecified atom stereocenters. The predicted octanol–water partition coefficient (Wildman–Crippen LogP) is 5.93. The van der Waals surface area contributed by atoms with Crippen molar-refractivity contribution in [1.82, 2.24) is 5.32 Å².